The highest BCUT2D eigenvalue weighted by Gasteiger charge is 2.30. The van der Waals surface area contributed by atoms with Crippen LogP contribution in [0.15, 0.2) is 42.5 Å². The largest absolute Gasteiger partial charge is 0.454 e. The van der Waals surface area contributed by atoms with Crippen LogP contribution >= 0.6 is 11.6 Å². The van der Waals surface area contributed by atoms with Gasteiger partial charge in [-0.25, -0.2) is 4.98 Å². The van der Waals surface area contributed by atoms with Crippen molar-refractivity contribution in [2.24, 2.45) is 5.92 Å². The van der Waals surface area contributed by atoms with Gasteiger partial charge in [-0.3, -0.25) is 4.79 Å². The van der Waals surface area contributed by atoms with Gasteiger partial charge >= 0.3 is 0 Å². The maximum Gasteiger partial charge on any atom is 0.231 e. The summed E-state index contributed by atoms with van der Waals surface area (Å²) in [5.41, 5.74) is 2.88. The van der Waals surface area contributed by atoms with Crippen LogP contribution in [0.25, 0.3) is 10.9 Å². The summed E-state index contributed by atoms with van der Waals surface area (Å²) in [6, 6.07) is 13.7. The number of ether oxygens (including phenoxy) is 2. The van der Waals surface area contributed by atoms with Crippen LogP contribution in [0.5, 0.6) is 11.5 Å². The van der Waals surface area contributed by atoms with Crippen molar-refractivity contribution >= 4 is 34.2 Å². The number of pyridine rings is 1. The zero-order chi connectivity index (χ0) is 22.2. The van der Waals surface area contributed by atoms with Gasteiger partial charge in [-0.15, -0.1) is 0 Å². The summed E-state index contributed by atoms with van der Waals surface area (Å²) < 4.78 is 11.0. The van der Waals surface area contributed by atoms with Gasteiger partial charge in [0.05, 0.1) is 5.52 Å². The molecule has 0 unspecified atom stereocenters. The van der Waals surface area contributed by atoms with Gasteiger partial charge in [-0.1, -0.05) is 30.2 Å². The molecule has 0 atom stereocenters. The lowest BCUT2D eigenvalue weighted by Gasteiger charge is -2.32. The number of carbonyl (C=O) groups is 1. The summed E-state index contributed by atoms with van der Waals surface area (Å²) in [6.07, 6.45) is 3.05. The minimum absolute atomic E-state index is 0.110. The number of halogens is 1. The van der Waals surface area contributed by atoms with Crippen LogP contribution in [-0.4, -0.2) is 36.7 Å². The number of carbonyl (C=O) groups excluding carboxylic acids is 1. The predicted octanol–water partition coefficient (Wildman–Crippen LogP) is 5.01. The lowest BCUT2D eigenvalue weighted by molar-refractivity contribution is -0.139. The van der Waals surface area contributed by atoms with Gasteiger partial charge in [0.2, 0.25) is 12.7 Å². The molecular weight excluding hydrogens is 426 g/mol. The van der Waals surface area contributed by atoms with E-state index in [4.69, 9.17) is 26.1 Å². The molecule has 1 aliphatic heterocycles. The number of benzene rings is 2. The molecule has 0 bridgehead atoms. The lowest BCUT2D eigenvalue weighted by atomic mass is 9.84. The van der Waals surface area contributed by atoms with Crippen LogP contribution in [0.1, 0.15) is 30.4 Å². The number of nitrogens with zero attached hydrogens (tertiary/aromatic N) is 3. The minimum Gasteiger partial charge on any atom is -0.454 e. The van der Waals surface area contributed by atoms with Crippen molar-refractivity contribution in [1.29, 1.82) is 0 Å². The molecule has 6 nitrogen and oxygen atoms in total. The first kappa shape index (κ1) is 20.9. The molecule has 5 rings (SSSR count). The fourth-order valence-electron chi connectivity index (χ4n) is 4.27. The highest BCUT2D eigenvalue weighted by Crippen LogP contribution is 2.35. The number of aromatic nitrogens is 1. The molecular formula is C25H26ClN3O3. The molecule has 1 aliphatic carbocycles. The number of fused-ring (bicyclic) bond motifs is 2. The maximum absolute atomic E-state index is 13.4. The Labute approximate surface area is 192 Å². The quantitative estimate of drug-likeness (QED) is 0.527. The van der Waals surface area contributed by atoms with Crippen molar-refractivity contribution in [1.82, 2.24) is 9.88 Å². The lowest BCUT2D eigenvalue weighted by Crippen LogP contribution is -2.38. The zero-order valence-corrected chi connectivity index (χ0v) is 19.1. The Balaban J connectivity index is 1.49. The summed E-state index contributed by atoms with van der Waals surface area (Å²) >= 11 is 6.18. The Morgan fingerprint density at radius 1 is 1.06 bits per heavy atom. The monoisotopic (exact) mass is 451 g/mol. The number of rotatable bonds is 6. The molecule has 3 aromatic rings. The van der Waals surface area contributed by atoms with E-state index in [0.717, 1.165) is 58.6 Å². The van der Waals surface area contributed by atoms with Crippen molar-refractivity contribution in [2.75, 3.05) is 25.8 Å². The number of anilines is 1. The van der Waals surface area contributed by atoms with Crippen molar-refractivity contribution in [3.8, 4) is 11.5 Å². The molecule has 1 fully saturated rings. The SMILES string of the molecule is CN(C)c1nc2cc(Cl)ccc2cc1CN(Cc1ccc2c(c1)OCO2)C(=O)C1CCC1. The first-order valence-electron chi connectivity index (χ1n) is 10.9. The van der Waals surface area contributed by atoms with Gasteiger partial charge in [0, 0.05) is 49.1 Å². The van der Waals surface area contributed by atoms with Crippen LogP contribution < -0.4 is 14.4 Å². The van der Waals surface area contributed by atoms with Crippen molar-refractivity contribution in [3.63, 3.8) is 0 Å². The molecule has 0 spiro atoms. The predicted molar refractivity (Wildman–Crippen MR) is 125 cm³/mol. The average Bonchev–Trinajstić information content (AvgIpc) is 3.19. The average molecular weight is 452 g/mol. The van der Waals surface area contributed by atoms with Gasteiger partial charge in [0.25, 0.3) is 0 Å². The molecule has 1 aromatic heterocycles. The molecule has 1 amide bonds. The normalized spacial score (nSPS) is 15.0. The first-order valence-corrected chi connectivity index (χ1v) is 11.3. The third-order valence-electron chi connectivity index (χ3n) is 6.20. The van der Waals surface area contributed by atoms with Gasteiger partial charge in [0.1, 0.15) is 5.82 Å². The Kier molecular flexibility index (Phi) is 5.55. The summed E-state index contributed by atoms with van der Waals surface area (Å²) in [4.78, 5) is 22.2. The third kappa shape index (κ3) is 4.07. The van der Waals surface area contributed by atoms with E-state index in [0.29, 0.717) is 18.1 Å². The smallest absolute Gasteiger partial charge is 0.231 e. The molecule has 0 N–H and O–H groups in total. The topological polar surface area (TPSA) is 54.9 Å². The third-order valence-corrected chi connectivity index (χ3v) is 6.43. The highest BCUT2D eigenvalue weighted by molar-refractivity contribution is 6.31. The highest BCUT2D eigenvalue weighted by atomic mass is 35.5. The Morgan fingerprint density at radius 2 is 1.88 bits per heavy atom. The number of hydrogen-bond acceptors (Lipinski definition) is 5. The van der Waals surface area contributed by atoms with Crippen molar-refractivity contribution in [2.45, 2.75) is 32.4 Å². The second-order valence-corrected chi connectivity index (χ2v) is 9.15. The summed E-state index contributed by atoms with van der Waals surface area (Å²) in [5.74, 6) is 2.64. The summed E-state index contributed by atoms with van der Waals surface area (Å²) in [6.45, 7) is 1.24. The molecule has 2 aliphatic rings. The van der Waals surface area contributed by atoms with E-state index >= 15 is 0 Å². The Hall–Kier alpha value is -2.99. The second kappa shape index (κ2) is 8.51. The van der Waals surface area contributed by atoms with E-state index in [9.17, 15) is 4.79 Å². The Morgan fingerprint density at radius 3 is 2.62 bits per heavy atom. The summed E-state index contributed by atoms with van der Waals surface area (Å²) in [5, 5.41) is 1.67. The molecule has 7 heteroatoms. The minimum atomic E-state index is 0.110. The number of amides is 1. The maximum atomic E-state index is 13.4. The van der Waals surface area contributed by atoms with Crippen LogP contribution in [0.2, 0.25) is 5.02 Å². The molecule has 2 heterocycles. The van der Waals surface area contributed by atoms with Crippen LogP contribution in [0, 0.1) is 5.92 Å². The fraction of sp³-hybridized carbons (Fsp3) is 0.360. The van der Waals surface area contributed by atoms with Crippen LogP contribution in [-0.2, 0) is 17.9 Å². The van der Waals surface area contributed by atoms with E-state index in [2.05, 4.69) is 6.07 Å². The number of hydrogen-bond donors (Lipinski definition) is 0. The molecule has 166 valence electrons. The van der Waals surface area contributed by atoms with Crippen LogP contribution in [0.3, 0.4) is 0 Å². The van der Waals surface area contributed by atoms with E-state index in [-0.39, 0.29) is 18.6 Å². The first-order chi connectivity index (χ1) is 15.5. The molecule has 32 heavy (non-hydrogen) atoms. The van der Waals surface area contributed by atoms with E-state index in [1.54, 1.807) is 0 Å². The van der Waals surface area contributed by atoms with E-state index < -0.39 is 0 Å². The molecule has 0 radical (unpaired) electrons. The van der Waals surface area contributed by atoms with Gasteiger partial charge in [-0.05, 0) is 48.7 Å². The van der Waals surface area contributed by atoms with Crippen molar-refractivity contribution < 1.29 is 14.3 Å². The van der Waals surface area contributed by atoms with Crippen molar-refractivity contribution in [3.05, 3.63) is 58.6 Å². The molecule has 2 aromatic carbocycles. The fourth-order valence-corrected chi connectivity index (χ4v) is 4.43. The van der Waals surface area contributed by atoms with Gasteiger partial charge in [0.15, 0.2) is 11.5 Å². The second-order valence-electron chi connectivity index (χ2n) is 8.71. The summed E-state index contributed by atoms with van der Waals surface area (Å²) in [7, 11) is 3.94. The molecule has 0 saturated heterocycles. The standard InChI is InChI=1S/C25H26ClN3O3/c1-28(2)24-19(11-18-7-8-20(26)12-21(18)27-24)14-29(25(30)17-4-3-5-17)13-16-6-9-22-23(10-16)32-15-31-22/h6-12,17H,3-5,13-15H2,1-2H3. The zero-order valence-electron chi connectivity index (χ0n) is 18.3. The van der Waals surface area contributed by atoms with E-state index in [1.807, 2.05) is 60.3 Å². The van der Waals surface area contributed by atoms with Gasteiger partial charge in [-0.2, -0.15) is 0 Å². The molecule has 1 saturated carbocycles. The van der Waals surface area contributed by atoms with Gasteiger partial charge < -0.3 is 19.3 Å². The Bertz CT molecular complexity index is 1180. The van der Waals surface area contributed by atoms with E-state index in [1.165, 1.54) is 0 Å². The van der Waals surface area contributed by atoms with Crippen LogP contribution in [0.4, 0.5) is 5.82 Å².